The molecule has 0 unspecified atom stereocenters. The van der Waals surface area contributed by atoms with Gasteiger partial charge in [-0.15, -0.1) is 0 Å². The van der Waals surface area contributed by atoms with E-state index in [-0.39, 0.29) is 5.92 Å². The third kappa shape index (κ3) is 1.35. The molecular weight excluding hydrogens is 135 g/mol. The molecule has 1 rings (SSSR count). The maximum atomic E-state index is 12.5. The standard InChI is InChI=1S/C7H9FO2/c1-4(5-2-3-5)6(8)7(9)10/h5H,2-3H2,1H3,(H,9,10). The molecule has 3 heteroatoms. The number of carbonyl (C=O) groups is 1. The molecule has 0 atom stereocenters. The lowest BCUT2D eigenvalue weighted by molar-refractivity contribution is -0.134. The van der Waals surface area contributed by atoms with E-state index in [0.29, 0.717) is 5.57 Å². The highest BCUT2D eigenvalue weighted by atomic mass is 19.1. The Labute approximate surface area is 58.4 Å². The van der Waals surface area contributed by atoms with Gasteiger partial charge in [0.15, 0.2) is 0 Å². The number of aliphatic carboxylic acids is 1. The van der Waals surface area contributed by atoms with Crippen molar-refractivity contribution < 1.29 is 14.3 Å². The fourth-order valence-electron chi connectivity index (χ4n) is 0.864. The van der Waals surface area contributed by atoms with Crippen molar-refractivity contribution in [3.05, 3.63) is 11.4 Å². The second kappa shape index (κ2) is 2.40. The minimum Gasteiger partial charge on any atom is -0.476 e. The molecule has 1 aliphatic rings. The summed E-state index contributed by atoms with van der Waals surface area (Å²) in [6, 6.07) is 0. The third-order valence-corrected chi connectivity index (χ3v) is 1.72. The van der Waals surface area contributed by atoms with E-state index in [4.69, 9.17) is 5.11 Å². The molecule has 0 spiro atoms. The molecule has 56 valence electrons. The van der Waals surface area contributed by atoms with Gasteiger partial charge in [0.2, 0.25) is 5.83 Å². The fraction of sp³-hybridized carbons (Fsp3) is 0.571. The predicted octanol–water partition coefficient (Wildman–Crippen LogP) is 1.72. The number of rotatable bonds is 2. The van der Waals surface area contributed by atoms with Crippen LogP contribution in [0.3, 0.4) is 0 Å². The SMILES string of the molecule is CC(=C(F)C(=O)O)C1CC1. The molecule has 0 bridgehead atoms. The van der Waals surface area contributed by atoms with E-state index in [9.17, 15) is 9.18 Å². The van der Waals surface area contributed by atoms with E-state index < -0.39 is 11.8 Å². The van der Waals surface area contributed by atoms with Crippen LogP contribution in [0.1, 0.15) is 19.8 Å². The normalized spacial score (nSPS) is 20.2. The lowest BCUT2D eigenvalue weighted by Gasteiger charge is -1.95. The Kier molecular flexibility index (Phi) is 1.74. The van der Waals surface area contributed by atoms with Crippen molar-refractivity contribution in [2.24, 2.45) is 5.92 Å². The van der Waals surface area contributed by atoms with Gasteiger partial charge in [0, 0.05) is 0 Å². The lowest BCUT2D eigenvalue weighted by Crippen LogP contribution is -1.98. The highest BCUT2D eigenvalue weighted by Gasteiger charge is 2.27. The van der Waals surface area contributed by atoms with E-state index in [0.717, 1.165) is 12.8 Å². The van der Waals surface area contributed by atoms with Crippen LogP contribution in [0.25, 0.3) is 0 Å². The predicted molar refractivity (Wildman–Crippen MR) is 34.2 cm³/mol. The van der Waals surface area contributed by atoms with Crippen molar-refractivity contribution in [2.75, 3.05) is 0 Å². The Morgan fingerprint density at radius 3 is 2.40 bits per heavy atom. The van der Waals surface area contributed by atoms with Gasteiger partial charge in [-0.3, -0.25) is 0 Å². The van der Waals surface area contributed by atoms with Crippen LogP contribution in [-0.4, -0.2) is 11.1 Å². The Balaban J connectivity index is 2.71. The molecule has 10 heavy (non-hydrogen) atoms. The van der Waals surface area contributed by atoms with Gasteiger partial charge in [-0.2, -0.15) is 4.39 Å². The van der Waals surface area contributed by atoms with Crippen LogP contribution in [0, 0.1) is 5.92 Å². The summed E-state index contributed by atoms with van der Waals surface area (Å²) in [5.41, 5.74) is 0.396. The summed E-state index contributed by atoms with van der Waals surface area (Å²) in [7, 11) is 0. The molecule has 0 aromatic carbocycles. The van der Waals surface area contributed by atoms with E-state index >= 15 is 0 Å². The topological polar surface area (TPSA) is 37.3 Å². The van der Waals surface area contributed by atoms with Gasteiger partial charge in [-0.05, 0) is 31.3 Å². The Morgan fingerprint density at radius 2 is 2.10 bits per heavy atom. The minimum atomic E-state index is -1.44. The largest absolute Gasteiger partial charge is 0.476 e. The Bertz CT molecular complexity index is 192. The second-order valence-electron chi connectivity index (χ2n) is 2.58. The molecule has 0 saturated heterocycles. The maximum absolute atomic E-state index is 12.5. The zero-order chi connectivity index (χ0) is 7.72. The zero-order valence-electron chi connectivity index (χ0n) is 5.72. The van der Waals surface area contributed by atoms with Crippen LogP contribution >= 0.6 is 0 Å². The Morgan fingerprint density at radius 1 is 1.60 bits per heavy atom. The van der Waals surface area contributed by atoms with Crippen LogP contribution in [0.15, 0.2) is 11.4 Å². The van der Waals surface area contributed by atoms with Gasteiger partial charge in [0.1, 0.15) is 0 Å². The molecule has 0 amide bonds. The van der Waals surface area contributed by atoms with Gasteiger partial charge in [-0.1, -0.05) is 0 Å². The molecule has 0 aromatic heterocycles. The van der Waals surface area contributed by atoms with Crippen LogP contribution in [0.4, 0.5) is 4.39 Å². The van der Waals surface area contributed by atoms with Crippen molar-refractivity contribution in [3.63, 3.8) is 0 Å². The first-order valence-electron chi connectivity index (χ1n) is 3.22. The van der Waals surface area contributed by atoms with Crippen LogP contribution in [-0.2, 0) is 4.79 Å². The van der Waals surface area contributed by atoms with E-state index in [1.807, 2.05) is 0 Å². The average Bonchev–Trinajstić information content (AvgIpc) is 2.65. The van der Waals surface area contributed by atoms with Crippen molar-refractivity contribution in [1.82, 2.24) is 0 Å². The molecule has 0 aliphatic heterocycles. The van der Waals surface area contributed by atoms with Crippen LogP contribution in [0.2, 0.25) is 0 Å². The van der Waals surface area contributed by atoms with Gasteiger partial charge in [-0.25, -0.2) is 4.79 Å². The van der Waals surface area contributed by atoms with Crippen molar-refractivity contribution in [2.45, 2.75) is 19.8 Å². The summed E-state index contributed by atoms with van der Waals surface area (Å²) in [6.07, 6.45) is 1.87. The van der Waals surface area contributed by atoms with Crippen LogP contribution < -0.4 is 0 Å². The van der Waals surface area contributed by atoms with E-state index in [1.165, 1.54) is 0 Å². The van der Waals surface area contributed by atoms with Gasteiger partial charge < -0.3 is 5.11 Å². The first kappa shape index (κ1) is 7.25. The molecule has 1 N–H and O–H groups in total. The monoisotopic (exact) mass is 144 g/mol. The van der Waals surface area contributed by atoms with Crippen LogP contribution in [0.5, 0.6) is 0 Å². The van der Waals surface area contributed by atoms with Crippen molar-refractivity contribution in [1.29, 1.82) is 0 Å². The summed E-state index contributed by atoms with van der Waals surface area (Å²) in [4.78, 5) is 10.0. The molecule has 0 heterocycles. The molecule has 2 nitrogen and oxygen atoms in total. The van der Waals surface area contributed by atoms with Gasteiger partial charge in [0.25, 0.3) is 0 Å². The molecule has 0 radical (unpaired) electrons. The van der Waals surface area contributed by atoms with Gasteiger partial charge in [0.05, 0.1) is 0 Å². The average molecular weight is 144 g/mol. The smallest absolute Gasteiger partial charge is 0.364 e. The van der Waals surface area contributed by atoms with Gasteiger partial charge >= 0.3 is 5.97 Å². The minimum absolute atomic E-state index is 0.205. The molecule has 1 aliphatic carbocycles. The lowest BCUT2D eigenvalue weighted by atomic mass is 10.2. The molecule has 0 aromatic rings. The number of allylic oxidation sites excluding steroid dienone is 1. The first-order valence-corrected chi connectivity index (χ1v) is 3.22. The summed E-state index contributed by atoms with van der Waals surface area (Å²) in [5, 5.41) is 8.20. The number of halogens is 1. The molecular formula is C7H9FO2. The van der Waals surface area contributed by atoms with Crippen molar-refractivity contribution in [3.8, 4) is 0 Å². The highest BCUT2D eigenvalue weighted by Crippen LogP contribution is 2.37. The number of carboxylic acid groups (broad SMARTS) is 1. The summed E-state index contributed by atoms with van der Waals surface area (Å²) in [6.45, 7) is 1.54. The number of hydrogen-bond acceptors (Lipinski definition) is 1. The van der Waals surface area contributed by atoms with E-state index in [2.05, 4.69) is 0 Å². The summed E-state index contributed by atoms with van der Waals surface area (Å²) in [5.74, 6) is -2.21. The maximum Gasteiger partial charge on any atom is 0.364 e. The summed E-state index contributed by atoms with van der Waals surface area (Å²) < 4.78 is 12.5. The Hall–Kier alpha value is -0.860. The second-order valence-corrected chi connectivity index (χ2v) is 2.58. The van der Waals surface area contributed by atoms with Crippen molar-refractivity contribution >= 4 is 5.97 Å². The zero-order valence-corrected chi connectivity index (χ0v) is 5.72. The first-order chi connectivity index (χ1) is 4.63. The summed E-state index contributed by atoms with van der Waals surface area (Å²) >= 11 is 0. The molecule has 1 fully saturated rings. The highest BCUT2D eigenvalue weighted by molar-refractivity contribution is 5.84. The molecule has 1 saturated carbocycles. The number of carboxylic acids is 1. The quantitative estimate of drug-likeness (QED) is 0.599. The third-order valence-electron chi connectivity index (χ3n) is 1.72. The van der Waals surface area contributed by atoms with E-state index in [1.54, 1.807) is 6.92 Å². The number of hydrogen-bond donors (Lipinski definition) is 1. The fourth-order valence-corrected chi connectivity index (χ4v) is 0.864.